The summed E-state index contributed by atoms with van der Waals surface area (Å²) in [5.74, 6) is -4.42. The van der Waals surface area contributed by atoms with Gasteiger partial charge in [0, 0.05) is 55.5 Å². The Morgan fingerprint density at radius 2 is 1.97 bits per heavy atom. The number of carbonyl (C=O) groups excluding carboxylic acids is 2. The van der Waals surface area contributed by atoms with Crippen LogP contribution in [0.15, 0.2) is 47.5 Å². The highest BCUT2D eigenvalue weighted by Gasteiger charge is 2.39. The Hall–Kier alpha value is -3.23. The van der Waals surface area contributed by atoms with Gasteiger partial charge in [0.1, 0.15) is 28.9 Å². The molecule has 3 aliphatic heterocycles. The Labute approximate surface area is 164 Å². The molecule has 2 amide bonds. The van der Waals surface area contributed by atoms with Crippen LogP contribution < -0.4 is 5.32 Å². The molecule has 1 aromatic rings. The lowest BCUT2D eigenvalue weighted by atomic mass is 10.0. The van der Waals surface area contributed by atoms with Crippen LogP contribution in [0.25, 0.3) is 0 Å². The molecule has 29 heavy (non-hydrogen) atoms. The highest BCUT2D eigenvalue weighted by Crippen LogP contribution is 2.32. The Morgan fingerprint density at radius 1 is 1.24 bits per heavy atom. The fraction of sp³-hybridized carbons (Fsp3) is 0.300. The van der Waals surface area contributed by atoms with Gasteiger partial charge in [0.15, 0.2) is 0 Å². The summed E-state index contributed by atoms with van der Waals surface area (Å²) >= 11 is 0. The van der Waals surface area contributed by atoms with Crippen molar-refractivity contribution >= 4 is 11.8 Å². The molecule has 1 atom stereocenters. The fourth-order valence-electron chi connectivity index (χ4n) is 3.73. The largest absolute Gasteiger partial charge is 0.510 e. The molecule has 6 nitrogen and oxygen atoms in total. The number of halogens is 3. The molecule has 4 rings (SSSR count). The number of rotatable bonds is 3. The summed E-state index contributed by atoms with van der Waals surface area (Å²) in [4.78, 5) is 28.4. The molecule has 1 saturated heterocycles. The normalized spacial score (nSPS) is 21.0. The van der Waals surface area contributed by atoms with Gasteiger partial charge < -0.3 is 20.2 Å². The number of nitrogens with zero attached hydrogens (tertiary/aromatic N) is 2. The van der Waals surface area contributed by atoms with Crippen LogP contribution in [0, 0.1) is 17.5 Å². The lowest BCUT2D eigenvalue weighted by Gasteiger charge is -2.41. The van der Waals surface area contributed by atoms with Gasteiger partial charge in [-0.2, -0.15) is 0 Å². The van der Waals surface area contributed by atoms with Crippen molar-refractivity contribution in [3.8, 4) is 0 Å². The zero-order valence-corrected chi connectivity index (χ0v) is 15.3. The second-order valence-corrected chi connectivity index (χ2v) is 7.10. The predicted octanol–water partition coefficient (Wildman–Crippen LogP) is 2.25. The molecule has 3 heterocycles. The maximum Gasteiger partial charge on any atom is 0.274 e. The number of amides is 2. The van der Waals surface area contributed by atoms with Crippen LogP contribution in [0.1, 0.15) is 18.4 Å². The smallest absolute Gasteiger partial charge is 0.274 e. The molecule has 3 aliphatic rings. The monoisotopic (exact) mass is 405 g/mol. The zero-order chi connectivity index (χ0) is 20.7. The number of hydrogen-bond acceptors (Lipinski definition) is 4. The van der Waals surface area contributed by atoms with Crippen molar-refractivity contribution in [2.75, 3.05) is 13.1 Å². The number of aliphatic hydroxyl groups excluding tert-OH is 1. The van der Waals surface area contributed by atoms with Crippen molar-refractivity contribution in [1.29, 1.82) is 0 Å². The fourth-order valence-corrected chi connectivity index (χ4v) is 3.73. The van der Waals surface area contributed by atoms with Gasteiger partial charge >= 0.3 is 0 Å². The first kappa shape index (κ1) is 19.1. The van der Waals surface area contributed by atoms with Gasteiger partial charge in [0.05, 0.1) is 6.04 Å². The van der Waals surface area contributed by atoms with Crippen molar-refractivity contribution in [3.63, 3.8) is 0 Å². The topological polar surface area (TPSA) is 72.9 Å². The van der Waals surface area contributed by atoms with Crippen LogP contribution >= 0.6 is 0 Å². The minimum atomic E-state index is -1.10. The van der Waals surface area contributed by atoms with Crippen molar-refractivity contribution in [2.24, 2.45) is 0 Å². The molecule has 0 aromatic heterocycles. The quantitative estimate of drug-likeness (QED) is 0.757. The maximum absolute atomic E-state index is 13.8. The number of hydrogen-bond donors (Lipinski definition) is 2. The summed E-state index contributed by atoms with van der Waals surface area (Å²) in [7, 11) is 0. The Morgan fingerprint density at radius 3 is 2.69 bits per heavy atom. The minimum Gasteiger partial charge on any atom is -0.510 e. The van der Waals surface area contributed by atoms with E-state index in [1.807, 2.05) is 12.2 Å². The summed E-state index contributed by atoms with van der Waals surface area (Å²) in [5, 5.41) is 12.8. The summed E-state index contributed by atoms with van der Waals surface area (Å²) < 4.78 is 40.5. The van der Waals surface area contributed by atoms with Crippen LogP contribution in [0.5, 0.6) is 0 Å². The van der Waals surface area contributed by atoms with Gasteiger partial charge in [-0.05, 0) is 6.42 Å². The average molecular weight is 405 g/mol. The highest BCUT2D eigenvalue weighted by atomic mass is 19.1. The summed E-state index contributed by atoms with van der Waals surface area (Å²) in [6.07, 6.45) is 5.87. The standard InChI is InChI=1S/C20H18F3N3O3/c21-12-6-15(22)14(16(23)7-12)8-24-19(28)11-5-17(27)18-20(29)25-4-2-1-3-13(10-25)26(18)9-11/h1,3,6-7,9,13,27H,2,4-5,8,10H2,(H,24,28). The molecule has 1 unspecified atom stereocenters. The Bertz CT molecular complexity index is 963. The van der Waals surface area contributed by atoms with Gasteiger partial charge in [-0.3, -0.25) is 9.59 Å². The SMILES string of the molecule is O=C(NCc1c(F)cc(F)cc1F)C1=CN2C(=C(O)C1)C(=O)N1CCC=CC2C1. The molecule has 0 radical (unpaired) electrons. The summed E-state index contributed by atoms with van der Waals surface area (Å²) in [6.45, 7) is 0.507. The van der Waals surface area contributed by atoms with Crippen LogP contribution in [-0.4, -0.2) is 45.9 Å². The number of aliphatic hydroxyl groups is 1. The molecule has 9 heteroatoms. The van der Waals surface area contributed by atoms with E-state index in [4.69, 9.17) is 0 Å². The minimum absolute atomic E-state index is 0.139. The third kappa shape index (κ3) is 3.48. The second kappa shape index (κ2) is 7.31. The highest BCUT2D eigenvalue weighted by molar-refractivity contribution is 5.98. The van der Waals surface area contributed by atoms with E-state index in [9.17, 15) is 27.9 Å². The number of carbonyl (C=O) groups is 2. The Kier molecular flexibility index (Phi) is 4.81. The second-order valence-electron chi connectivity index (χ2n) is 7.10. The number of piperazine rings is 1. The van der Waals surface area contributed by atoms with Gasteiger partial charge in [0.25, 0.3) is 5.91 Å². The van der Waals surface area contributed by atoms with Crippen LogP contribution in [0.3, 0.4) is 0 Å². The third-order valence-electron chi connectivity index (χ3n) is 5.19. The van der Waals surface area contributed by atoms with Crippen LogP contribution in [0.2, 0.25) is 0 Å². The average Bonchev–Trinajstić information content (AvgIpc) is 2.88. The first-order valence-corrected chi connectivity index (χ1v) is 9.14. The van der Waals surface area contributed by atoms with Crippen molar-refractivity contribution < 1.29 is 27.9 Å². The first-order valence-electron chi connectivity index (χ1n) is 9.14. The third-order valence-corrected chi connectivity index (χ3v) is 5.19. The van der Waals surface area contributed by atoms with Gasteiger partial charge in [-0.25, -0.2) is 13.2 Å². The van der Waals surface area contributed by atoms with E-state index in [-0.39, 0.29) is 35.4 Å². The zero-order valence-electron chi connectivity index (χ0n) is 15.3. The number of allylic oxidation sites excluding steroid dienone is 1. The maximum atomic E-state index is 13.8. The van der Waals surface area contributed by atoms with E-state index >= 15 is 0 Å². The van der Waals surface area contributed by atoms with Crippen LogP contribution in [-0.2, 0) is 16.1 Å². The van der Waals surface area contributed by atoms with E-state index in [1.165, 1.54) is 6.20 Å². The van der Waals surface area contributed by atoms with E-state index < -0.39 is 35.5 Å². The number of benzene rings is 1. The van der Waals surface area contributed by atoms with E-state index in [0.717, 1.165) is 0 Å². The van der Waals surface area contributed by atoms with Gasteiger partial charge in [-0.1, -0.05) is 12.2 Å². The summed E-state index contributed by atoms with van der Waals surface area (Å²) in [6, 6.07) is 0.853. The van der Waals surface area contributed by atoms with Gasteiger partial charge in [-0.15, -0.1) is 0 Å². The lowest BCUT2D eigenvalue weighted by molar-refractivity contribution is -0.132. The molecule has 1 aromatic carbocycles. The molecule has 0 aliphatic carbocycles. The predicted molar refractivity (Wildman–Crippen MR) is 96.5 cm³/mol. The number of fused-ring (bicyclic) bond motifs is 4. The summed E-state index contributed by atoms with van der Waals surface area (Å²) in [5.41, 5.74) is -0.180. The molecule has 2 bridgehead atoms. The molecular weight excluding hydrogens is 387 g/mol. The Balaban J connectivity index is 1.54. The van der Waals surface area contributed by atoms with E-state index in [0.29, 0.717) is 31.6 Å². The van der Waals surface area contributed by atoms with E-state index in [2.05, 4.69) is 5.32 Å². The molecule has 0 spiro atoms. The molecular formula is C20H18F3N3O3. The first-order chi connectivity index (χ1) is 13.8. The molecule has 152 valence electrons. The lowest BCUT2D eigenvalue weighted by Crippen LogP contribution is -2.53. The van der Waals surface area contributed by atoms with Crippen molar-refractivity contribution in [2.45, 2.75) is 25.4 Å². The van der Waals surface area contributed by atoms with Crippen molar-refractivity contribution in [3.05, 3.63) is 70.5 Å². The van der Waals surface area contributed by atoms with Crippen molar-refractivity contribution in [1.82, 2.24) is 15.1 Å². The van der Waals surface area contributed by atoms with Gasteiger partial charge in [0.2, 0.25) is 5.91 Å². The number of nitrogens with one attached hydrogen (secondary N) is 1. The molecule has 1 fully saturated rings. The van der Waals surface area contributed by atoms with E-state index in [1.54, 1.807) is 9.80 Å². The molecule has 0 saturated carbocycles. The van der Waals surface area contributed by atoms with Crippen LogP contribution in [0.4, 0.5) is 13.2 Å². The molecule has 2 N–H and O–H groups in total.